The molecule has 0 aliphatic carbocycles. The number of amides is 1. The molecular weight excluding hydrogens is 296 g/mol. The van der Waals surface area contributed by atoms with Crippen molar-refractivity contribution in [3.8, 4) is 5.75 Å². The Morgan fingerprint density at radius 1 is 1.35 bits per heavy atom. The zero-order valence-electron chi connectivity index (χ0n) is 13.7. The molecule has 128 valence electrons. The first-order chi connectivity index (χ1) is 11.3. The number of hydrogen-bond donors (Lipinski definition) is 2. The molecule has 0 saturated carbocycles. The number of nitrogens with one attached hydrogen (secondary N) is 2. The van der Waals surface area contributed by atoms with Crippen LogP contribution in [0.5, 0.6) is 5.75 Å². The number of ether oxygens (including phenoxy) is 3. The van der Waals surface area contributed by atoms with Crippen LogP contribution in [0.3, 0.4) is 0 Å². The Balaban J connectivity index is 1.73. The molecule has 1 saturated heterocycles. The molecule has 1 aromatic carbocycles. The second-order valence-corrected chi connectivity index (χ2v) is 5.36. The van der Waals surface area contributed by atoms with Gasteiger partial charge in [0.05, 0.1) is 24.9 Å². The molecule has 0 aromatic heterocycles. The van der Waals surface area contributed by atoms with E-state index in [1.165, 1.54) is 0 Å². The second kappa shape index (κ2) is 10.2. The van der Waals surface area contributed by atoms with Gasteiger partial charge in [0.1, 0.15) is 12.4 Å². The number of hydrogen-bond acceptors (Lipinski definition) is 5. The van der Waals surface area contributed by atoms with E-state index in [0.29, 0.717) is 37.8 Å². The van der Waals surface area contributed by atoms with Gasteiger partial charge in [0.15, 0.2) is 0 Å². The molecule has 2 rings (SSSR count). The normalized spacial score (nSPS) is 17.2. The minimum atomic E-state index is -0.0937. The molecule has 1 heterocycles. The van der Waals surface area contributed by atoms with E-state index in [0.717, 1.165) is 19.4 Å². The maximum Gasteiger partial charge on any atom is 0.238 e. The summed E-state index contributed by atoms with van der Waals surface area (Å²) < 4.78 is 16.4. The Hall–Kier alpha value is -1.63. The van der Waals surface area contributed by atoms with Crippen LogP contribution in [-0.4, -0.2) is 51.5 Å². The number of para-hydroxylation sites is 2. The molecule has 6 nitrogen and oxygen atoms in total. The minimum Gasteiger partial charge on any atom is -0.489 e. The lowest BCUT2D eigenvalue weighted by molar-refractivity contribution is -0.115. The molecule has 1 aliphatic rings. The molecule has 0 spiro atoms. The Kier molecular flexibility index (Phi) is 7.86. The fourth-order valence-corrected chi connectivity index (χ4v) is 2.40. The zero-order valence-corrected chi connectivity index (χ0v) is 13.7. The summed E-state index contributed by atoms with van der Waals surface area (Å²) >= 11 is 0. The molecule has 6 heteroatoms. The summed E-state index contributed by atoms with van der Waals surface area (Å²) in [5.41, 5.74) is 0.674. The van der Waals surface area contributed by atoms with Crippen LogP contribution >= 0.6 is 0 Å². The number of carbonyl (C=O) groups is 1. The summed E-state index contributed by atoms with van der Waals surface area (Å²) in [6.07, 6.45) is 2.40. The van der Waals surface area contributed by atoms with Gasteiger partial charge in [0.25, 0.3) is 0 Å². The van der Waals surface area contributed by atoms with Crippen LogP contribution in [0.25, 0.3) is 0 Å². The van der Waals surface area contributed by atoms with Crippen LogP contribution in [0, 0.1) is 0 Å². The van der Waals surface area contributed by atoms with E-state index in [9.17, 15) is 4.79 Å². The molecule has 0 radical (unpaired) electrons. The first kappa shape index (κ1) is 17.7. The van der Waals surface area contributed by atoms with E-state index in [1.54, 1.807) is 0 Å². The first-order valence-corrected chi connectivity index (χ1v) is 8.21. The largest absolute Gasteiger partial charge is 0.489 e. The van der Waals surface area contributed by atoms with Gasteiger partial charge in [-0.15, -0.1) is 0 Å². The van der Waals surface area contributed by atoms with Crippen molar-refractivity contribution >= 4 is 11.6 Å². The van der Waals surface area contributed by atoms with Gasteiger partial charge in [-0.25, -0.2) is 0 Å². The summed E-state index contributed by atoms with van der Waals surface area (Å²) in [5.74, 6) is 0.559. The van der Waals surface area contributed by atoms with E-state index < -0.39 is 0 Å². The highest BCUT2D eigenvalue weighted by Gasteiger charge is 2.15. The van der Waals surface area contributed by atoms with Crippen LogP contribution in [0.1, 0.15) is 19.8 Å². The third-order valence-corrected chi connectivity index (χ3v) is 3.53. The highest BCUT2D eigenvalue weighted by atomic mass is 16.5. The van der Waals surface area contributed by atoms with Gasteiger partial charge in [-0.1, -0.05) is 12.1 Å². The van der Waals surface area contributed by atoms with Crippen molar-refractivity contribution in [2.24, 2.45) is 0 Å². The number of carbonyl (C=O) groups excluding carboxylic acids is 1. The summed E-state index contributed by atoms with van der Waals surface area (Å²) in [6, 6.07) is 7.40. The van der Waals surface area contributed by atoms with E-state index in [4.69, 9.17) is 14.2 Å². The Bertz CT molecular complexity index is 475. The Morgan fingerprint density at radius 2 is 2.22 bits per heavy atom. The monoisotopic (exact) mass is 322 g/mol. The van der Waals surface area contributed by atoms with Crippen LogP contribution in [0.4, 0.5) is 5.69 Å². The van der Waals surface area contributed by atoms with Crippen molar-refractivity contribution in [1.29, 1.82) is 0 Å². The van der Waals surface area contributed by atoms with Gasteiger partial charge in [-0.05, 0) is 31.9 Å². The van der Waals surface area contributed by atoms with Crippen molar-refractivity contribution < 1.29 is 19.0 Å². The topological polar surface area (TPSA) is 68.8 Å². The van der Waals surface area contributed by atoms with Crippen LogP contribution < -0.4 is 15.4 Å². The maximum atomic E-state index is 12.0. The van der Waals surface area contributed by atoms with Gasteiger partial charge in [0.2, 0.25) is 5.91 Å². The maximum absolute atomic E-state index is 12.0. The smallest absolute Gasteiger partial charge is 0.238 e. The lowest BCUT2D eigenvalue weighted by atomic mass is 10.2. The molecule has 1 unspecified atom stereocenters. The fourth-order valence-electron chi connectivity index (χ4n) is 2.40. The van der Waals surface area contributed by atoms with Gasteiger partial charge in [-0.2, -0.15) is 0 Å². The molecule has 1 amide bonds. The average Bonchev–Trinajstić information content (AvgIpc) is 3.06. The van der Waals surface area contributed by atoms with E-state index in [1.807, 2.05) is 31.2 Å². The lowest BCUT2D eigenvalue weighted by Gasteiger charge is -2.13. The predicted octanol–water partition coefficient (Wildman–Crippen LogP) is 1.81. The molecule has 2 N–H and O–H groups in total. The average molecular weight is 322 g/mol. The summed E-state index contributed by atoms with van der Waals surface area (Å²) in [6.45, 7) is 5.38. The van der Waals surface area contributed by atoms with Crippen molar-refractivity contribution in [2.75, 3.05) is 44.8 Å². The highest BCUT2D eigenvalue weighted by Crippen LogP contribution is 2.23. The van der Waals surface area contributed by atoms with Crippen LogP contribution in [-0.2, 0) is 14.3 Å². The van der Waals surface area contributed by atoms with Gasteiger partial charge in [0, 0.05) is 19.8 Å². The molecule has 1 fully saturated rings. The number of rotatable bonds is 10. The Morgan fingerprint density at radius 3 is 3.00 bits per heavy atom. The van der Waals surface area contributed by atoms with Crippen molar-refractivity contribution in [3.63, 3.8) is 0 Å². The number of benzene rings is 1. The summed E-state index contributed by atoms with van der Waals surface area (Å²) in [5, 5.41) is 6.00. The summed E-state index contributed by atoms with van der Waals surface area (Å²) in [4.78, 5) is 12.0. The van der Waals surface area contributed by atoms with Gasteiger partial charge in [-0.3, -0.25) is 4.79 Å². The van der Waals surface area contributed by atoms with Gasteiger partial charge >= 0.3 is 0 Å². The molecular formula is C17H26N2O4. The third kappa shape index (κ3) is 6.56. The summed E-state index contributed by atoms with van der Waals surface area (Å²) in [7, 11) is 0. The second-order valence-electron chi connectivity index (χ2n) is 5.36. The fraction of sp³-hybridized carbons (Fsp3) is 0.588. The molecule has 1 aliphatic heterocycles. The standard InChI is InChI=1S/C17H26N2O4/c1-2-21-10-11-23-16-8-4-3-7-15(16)19-17(20)13-18-12-14-6-5-9-22-14/h3-4,7-8,14,18H,2,5-6,9-13H2,1H3,(H,19,20). The lowest BCUT2D eigenvalue weighted by Crippen LogP contribution is -2.33. The van der Waals surface area contributed by atoms with E-state index in [2.05, 4.69) is 10.6 Å². The van der Waals surface area contributed by atoms with Crippen LogP contribution in [0.2, 0.25) is 0 Å². The molecule has 1 aromatic rings. The predicted molar refractivity (Wildman–Crippen MR) is 88.9 cm³/mol. The van der Waals surface area contributed by atoms with E-state index >= 15 is 0 Å². The van der Waals surface area contributed by atoms with Crippen molar-refractivity contribution in [2.45, 2.75) is 25.9 Å². The number of anilines is 1. The molecule has 0 bridgehead atoms. The van der Waals surface area contributed by atoms with Crippen LogP contribution in [0.15, 0.2) is 24.3 Å². The van der Waals surface area contributed by atoms with Crippen molar-refractivity contribution in [3.05, 3.63) is 24.3 Å². The third-order valence-electron chi connectivity index (χ3n) is 3.53. The minimum absolute atomic E-state index is 0.0937. The Labute approximate surface area is 137 Å². The SMILES string of the molecule is CCOCCOc1ccccc1NC(=O)CNCC1CCCO1. The van der Waals surface area contributed by atoms with Crippen molar-refractivity contribution in [1.82, 2.24) is 5.32 Å². The van der Waals surface area contributed by atoms with Gasteiger partial charge < -0.3 is 24.8 Å². The molecule has 23 heavy (non-hydrogen) atoms. The van der Waals surface area contributed by atoms with E-state index in [-0.39, 0.29) is 18.6 Å². The first-order valence-electron chi connectivity index (χ1n) is 8.21. The zero-order chi connectivity index (χ0) is 16.3. The highest BCUT2D eigenvalue weighted by molar-refractivity contribution is 5.93. The quantitative estimate of drug-likeness (QED) is 0.643. The molecule has 1 atom stereocenters.